The van der Waals surface area contributed by atoms with Gasteiger partial charge in [-0.3, -0.25) is 0 Å². The first-order valence-electron chi connectivity index (χ1n) is 6.65. The van der Waals surface area contributed by atoms with Crippen LogP contribution in [0.4, 0.5) is 0 Å². The van der Waals surface area contributed by atoms with Gasteiger partial charge in [-0.15, -0.1) is 0 Å². The third-order valence-electron chi connectivity index (χ3n) is 3.61. The Morgan fingerprint density at radius 1 is 1.12 bits per heavy atom. The van der Waals surface area contributed by atoms with E-state index in [0.29, 0.717) is 0 Å². The van der Waals surface area contributed by atoms with Crippen LogP contribution in [0.15, 0.2) is 24.3 Å². The molecule has 0 spiro atoms. The van der Waals surface area contributed by atoms with Crippen molar-refractivity contribution < 1.29 is 0 Å². The van der Waals surface area contributed by atoms with E-state index in [4.69, 9.17) is 11.1 Å². The number of rotatable bonds is 6. The van der Waals surface area contributed by atoms with Crippen LogP contribution >= 0.6 is 11.1 Å². The highest BCUT2D eigenvalue weighted by Crippen LogP contribution is 2.43. The molecule has 1 aromatic rings. The van der Waals surface area contributed by atoms with Crippen molar-refractivity contribution in [3.8, 4) is 0 Å². The van der Waals surface area contributed by atoms with Crippen LogP contribution in [0, 0.1) is 0 Å². The maximum atomic E-state index is 6.82. The Balaban J connectivity index is 1.94. The van der Waals surface area contributed by atoms with E-state index < -0.39 is 7.38 Å². The molecule has 0 aromatic heterocycles. The topological polar surface area (TPSA) is 0 Å². The highest BCUT2D eigenvalue weighted by atomic mass is 35.6. The van der Waals surface area contributed by atoms with Gasteiger partial charge in [0.15, 0.2) is 7.38 Å². The summed E-state index contributed by atoms with van der Waals surface area (Å²) in [6, 6.07) is 9.82. The predicted octanol–water partition coefficient (Wildman–Crippen LogP) is 5.47. The first-order chi connectivity index (χ1) is 8.15. The Labute approximate surface area is 110 Å². The second-order valence-electron chi connectivity index (χ2n) is 5.15. The summed E-state index contributed by atoms with van der Waals surface area (Å²) in [5, 5.41) is 1.46. The normalized spacial score (nSPS) is 16.8. The molecule has 0 fully saturated rings. The average Bonchev–Trinajstić information content (AvgIpc) is 2.26. The van der Waals surface area contributed by atoms with Crippen molar-refractivity contribution in [2.24, 2.45) is 0 Å². The SMILES string of the molecule is CCCCCC[Si](C)(Cl)C1=Cc2ccccc21. The standard InChI is InChI=1S/C15H21ClSi/c1-3-4-5-8-11-17(2,16)15-12-13-9-6-7-10-14(13)15/h6-7,9-10,12H,3-5,8,11H2,1-2H3. The number of hydrogen-bond acceptors (Lipinski definition) is 0. The average molecular weight is 265 g/mol. The second-order valence-corrected chi connectivity index (χ2v) is 11.1. The molecule has 1 aromatic carbocycles. The quantitative estimate of drug-likeness (QED) is 0.363. The molecule has 0 saturated heterocycles. The highest BCUT2D eigenvalue weighted by Gasteiger charge is 2.34. The fraction of sp³-hybridized carbons (Fsp3) is 0.467. The van der Waals surface area contributed by atoms with Gasteiger partial charge < -0.3 is 0 Å². The predicted molar refractivity (Wildman–Crippen MR) is 80.7 cm³/mol. The van der Waals surface area contributed by atoms with E-state index >= 15 is 0 Å². The zero-order valence-electron chi connectivity index (χ0n) is 10.8. The summed E-state index contributed by atoms with van der Waals surface area (Å²) in [6.45, 7) is 4.55. The fourth-order valence-electron chi connectivity index (χ4n) is 2.47. The van der Waals surface area contributed by atoms with Gasteiger partial charge in [0, 0.05) is 0 Å². The smallest absolute Gasteiger partial charge is 0.161 e. The Hall–Kier alpha value is -0.533. The van der Waals surface area contributed by atoms with E-state index in [1.54, 1.807) is 0 Å². The van der Waals surface area contributed by atoms with E-state index in [2.05, 4.69) is 43.8 Å². The summed E-state index contributed by atoms with van der Waals surface area (Å²) >= 11 is 6.82. The molecule has 0 N–H and O–H groups in total. The van der Waals surface area contributed by atoms with Crippen LogP contribution in [0.5, 0.6) is 0 Å². The van der Waals surface area contributed by atoms with Gasteiger partial charge in [0.2, 0.25) is 0 Å². The number of hydrogen-bond donors (Lipinski definition) is 0. The number of benzene rings is 1. The molecule has 0 saturated carbocycles. The van der Waals surface area contributed by atoms with E-state index in [0.717, 1.165) is 0 Å². The summed E-state index contributed by atoms with van der Waals surface area (Å²) in [6.07, 6.45) is 7.57. The zero-order chi connectivity index (χ0) is 12.3. The van der Waals surface area contributed by atoms with Crippen LogP contribution in [-0.2, 0) is 0 Å². The van der Waals surface area contributed by atoms with Gasteiger partial charge >= 0.3 is 0 Å². The van der Waals surface area contributed by atoms with Gasteiger partial charge in [-0.05, 0) is 22.4 Å². The van der Waals surface area contributed by atoms with E-state index in [-0.39, 0.29) is 0 Å². The largest absolute Gasteiger partial charge is 0.184 e. The van der Waals surface area contributed by atoms with Gasteiger partial charge in [0.25, 0.3) is 0 Å². The lowest BCUT2D eigenvalue weighted by molar-refractivity contribution is 0.699. The van der Waals surface area contributed by atoms with Crippen molar-refractivity contribution >= 4 is 29.7 Å². The van der Waals surface area contributed by atoms with Crippen molar-refractivity contribution in [1.82, 2.24) is 0 Å². The summed E-state index contributed by atoms with van der Waals surface area (Å²) in [5.74, 6) is 0. The third kappa shape index (κ3) is 2.83. The molecular formula is C15H21ClSi. The molecule has 1 atom stereocenters. The molecule has 0 radical (unpaired) electrons. The summed E-state index contributed by atoms with van der Waals surface area (Å²) in [4.78, 5) is 0. The van der Waals surface area contributed by atoms with Crippen LogP contribution in [0.2, 0.25) is 12.6 Å². The molecule has 2 heteroatoms. The molecule has 2 rings (SSSR count). The summed E-state index contributed by atoms with van der Waals surface area (Å²) in [7, 11) is -1.69. The van der Waals surface area contributed by atoms with Gasteiger partial charge in [-0.1, -0.05) is 69.5 Å². The molecule has 1 aliphatic rings. The molecular weight excluding hydrogens is 244 g/mol. The van der Waals surface area contributed by atoms with E-state index in [1.807, 2.05) is 0 Å². The molecule has 17 heavy (non-hydrogen) atoms. The molecule has 1 unspecified atom stereocenters. The number of unbranched alkanes of at least 4 members (excludes halogenated alkanes) is 3. The molecule has 0 amide bonds. The highest BCUT2D eigenvalue weighted by molar-refractivity contribution is 7.30. The fourth-order valence-corrected chi connectivity index (χ4v) is 5.77. The lowest BCUT2D eigenvalue weighted by atomic mass is 9.98. The van der Waals surface area contributed by atoms with Gasteiger partial charge in [-0.2, -0.15) is 11.1 Å². The lowest BCUT2D eigenvalue weighted by Crippen LogP contribution is -2.28. The Morgan fingerprint density at radius 3 is 2.59 bits per heavy atom. The first-order valence-corrected chi connectivity index (χ1v) is 10.4. The van der Waals surface area contributed by atoms with E-state index in [1.165, 1.54) is 48.1 Å². The molecule has 92 valence electrons. The minimum absolute atomic E-state index is 1.22. The molecule has 0 heterocycles. The van der Waals surface area contributed by atoms with Crippen LogP contribution in [-0.4, -0.2) is 7.38 Å². The van der Waals surface area contributed by atoms with Gasteiger partial charge in [-0.25, -0.2) is 0 Å². The number of fused-ring (bicyclic) bond motifs is 1. The van der Waals surface area contributed by atoms with Crippen LogP contribution in [0.3, 0.4) is 0 Å². The minimum atomic E-state index is -1.69. The maximum absolute atomic E-state index is 6.82. The minimum Gasteiger partial charge on any atom is -0.161 e. The van der Waals surface area contributed by atoms with Gasteiger partial charge in [0.1, 0.15) is 0 Å². The zero-order valence-corrected chi connectivity index (χ0v) is 12.6. The van der Waals surface area contributed by atoms with Crippen LogP contribution < -0.4 is 0 Å². The van der Waals surface area contributed by atoms with Crippen molar-refractivity contribution in [1.29, 1.82) is 0 Å². The molecule has 0 bridgehead atoms. The van der Waals surface area contributed by atoms with E-state index in [9.17, 15) is 0 Å². The monoisotopic (exact) mass is 264 g/mol. The Bertz CT molecular complexity index is 421. The number of halogens is 1. The molecule has 0 nitrogen and oxygen atoms in total. The third-order valence-corrected chi connectivity index (χ3v) is 7.62. The molecule has 1 aliphatic carbocycles. The molecule has 0 aliphatic heterocycles. The Kier molecular flexibility index (Phi) is 4.11. The van der Waals surface area contributed by atoms with Crippen LogP contribution in [0.25, 0.3) is 11.3 Å². The van der Waals surface area contributed by atoms with Crippen molar-refractivity contribution in [2.75, 3.05) is 0 Å². The van der Waals surface area contributed by atoms with Gasteiger partial charge in [0.05, 0.1) is 0 Å². The summed E-state index contributed by atoms with van der Waals surface area (Å²) in [5.41, 5.74) is 2.78. The lowest BCUT2D eigenvalue weighted by Gasteiger charge is -2.30. The van der Waals surface area contributed by atoms with Crippen LogP contribution in [0.1, 0.15) is 43.7 Å². The second kappa shape index (κ2) is 5.41. The van der Waals surface area contributed by atoms with Crippen molar-refractivity contribution in [2.45, 2.75) is 45.2 Å². The maximum Gasteiger partial charge on any atom is 0.184 e. The van der Waals surface area contributed by atoms with Crippen molar-refractivity contribution in [3.05, 3.63) is 35.4 Å². The summed E-state index contributed by atoms with van der Waals surface area (Å²) < 4.78 is 0. The Morgan fingerprint density at radius 2 is 1.88 bits per heavy atom. The first kappa shape index (κ1) is 12.9. The van der Waals surface area contributed by atoms with Crippen molar-refractivity contribution in [3.63, 3.8) is 0 Å².